The Morgan fingerprint density at radius 1 is 1.25 bits per heavy atom. The van der Waals surface area contributed by atoms with E-state index in [-0.39, 0.29) is 33.7 Å². The lowest BCUT2D eigenvalue weighted by atomic mass is 10.1. The maximum atomic E-state index is 13.6. The highest BCUT2D eigenvalue weighted by Gasteiger charge is 2.36. The van der Waals surface area contributed by atoms with Crippen LogP contribution in [-0.2, 0) is 30.3 Å². The zero-order valence-corrected chi connectivity index (χ0v) is 17.8. The lowest BCUT2D eigenvalue weighted by Gasteiger charge is -2.21. The van der Waals surface area contributed by atoms with Crippen molar-refractivity contribution in [3.63, 3.8) is 0 Å². The first kappa shape index (κ1) is 23.2. The molecule has 2 rings (SSSR count). The maximum absolute atomic E-state index is 13.6. The Kier molecular flexibility index (Phi) is 7.55. The van der Waals surface area contributed by atoms with Gasteiger partial charge in [0.25, 0.3) is 0 Å². The van der Waals surface area contributed by atoms with Crippen LogP contribution in [0.3, 0.4) is 0 Å². The number of halogens is 4. The first-order valence-corrected chi connectivity index (χ1v) is 10.6. The number of alkyl halides is 3. The number of nitrogens with one attached hydrogen (secondary N) is 1. The first-order chi connectivity index (χ1) is 12.9. The van der Waals surface area contributed by atoms with Crippen LogP contribution in [-0.4, -0.2) is 19.0 Å². The topological polar surface area (TPSA) is 62.2 Å². The van der Waals surface area contributed by atoms with Crippen LogP contribution in [0.4, 0.5) is 13.2 Å². The van der Waals surface area contributed by atoms with Crippen LogP contribution in [0.1, 0.15) is 37.5 Å². The summed E-state index contributed by atoms with van der Waals surface area (Å²) in [7, 11) is -1.49. The molecule has 0 radical (unpaired) electrons. The van der Waals surface area contributed by atoms with E-state index in [1.165, 1.54) is 12.3 Å². The summed E-state index contributed by atoms with van der Waals surface area (Å²) in [5.41, 5.74) is -0.291. The fourth-order valence-electron chi connectivity index (χ4n) is 2.20. The molecule has 0 saturated heterocycles. The average molecular weight is 453 g/mol. The molecule has 28 heavy (non-hydrogen) atoms. The second-order valence-electron chi connectivity index (χ2n) is 6.83. The Morgan fingerprint density at radius 3 is 2.50 bits per heavy atom. The Balaban J connectivity index is 2.53. The van der Waals surface area contributed by atoms with E-state index in [0.29, 0.717) is 5.56 Å². The van der Waals surface area contributed by atoms with Crippen LogP contribution in [0, 0.1) is 0 Å². The molecule has 4 nitrogen and oxygen atoms in total. The summed E-state index contributed by atoms with van der Waals surface area (Å²) >= 11 is 6.98. The van der Waals surface area contributed by atoms with Gasteiger partial charge in [-0.15, -0.1) is 0 Å². The number of aromatic nitrogens is 1. The third-order valence-electron chi connectivity index (χ3n) is 3.66. The highest BCUT2D eigenvalue weighted by Crippen LogP contribution is 2.43. The average Bonchev–Trinajstić information content (AvgIpc) is 2.59. The van der Waals surface area contributed by atoms with Crippen molar-refractivity contribution < 1.29 is 22.5 Å². The van der Waals surface area contributed by atoms with Crippen molar-refractivity contribution in [3.05, 3.63) is 52.2 Å². The second kappa shape index (κ2) is 9.13. The Morgan fingerprint density at radius 2 is 1.93 bits per heavy atom. The minimum Gasteiger partial charge on any atom is -0.392 e. The minimum absolute atomic E-state index is 0.115. The molecule has 10 heteroatoms. The molecule has 0 bridgehead atoms. The molecule has 0 saturated carbocycles. The molecule has 1 heterocycles. The first-order valence-electron chi connectivity index (χ1n) is 8.21. The molecule has 0 amide bonds. The van der Waals surface area contributed by atoms with Crippen molar-refractivity contribution in [2.24, 2.45) is 0 Å². The minimum atomic E-state index is -4.61. The van der Waals surface area contributed by atoms with Crippen LogP contribution in [0.2, 0.25) is 5.02 Å². The van der Waals surface area contributed by atoms with Crippen molar-refractivity contribution in [2.75, 3.05) is 0 Å². The summed E-state index contributed by atoms with van der Waals surface area (Å²) in [5.74, 6) is 0. The lowest BCUT2D eigenvalue weighted by molar-refractivity contribution is -0.139. The molecule has 1 aromatic heterocycles. The van der Waals surface area contributed by atoms with Crippen molar-refractivity contribution >= 4 is 34.3 Å². The van der Waals surface area contributed by atoms with Gasteiger partial charge in [0.2, 0.25) is 0 Å². The summed E-state index contributed by atoms with van der Waals surface area (Å²) in [6.45, 7) is 4.78. The molecule has 1 aromatic carbocycles. The van der Waals surface area contributed by atoms with Crippen LogP contribution < -0.4 is 4.72 Å². The number of aliphatic hydroxyl groups is 1. The van der Waals surface area contributed by atoms with Crippen LogP contribution in [0.5, 0.6) is 0 Å². The van der Waals surface area contributed by atoms with Gasteiger partial charge in [0.1, 0.15) is 5.03 Å². The van der Waals surface area contributed by atoms with E-state index in [9.17, 15) is 22.5 Å². The third-order valence-corrected chi connectivity index (χ3v) is 6.77. The monoisotopic (exact) mass is 452 g/mol. The van der Waals surface area contributed by atoms with E-state index in [1.807, 2.05) is 0 Å². The highest BCUT2D eigenvalue weighted by molar-refractivity contribution is 7.99. The number of benzene rings is 1. The Labute approximate surface area is 173 Å². The van der Waals surface area contributed by atoms with Gasteiger partial charge in [-0.2, -0.15) is 13.2 Å². The Hall–Kier alpha value is -1.13. The van der Waals surface area contributed by atoms with Gasteiger partial charge in [-0.05, 0) is 39.0 Å². The van der Waals surface area contributed by atoms with Gasteiger partial charge in [-0.25, -0.2) is 13.9 Å². The van der Waals surface area contributed by atoms with Gasteiger partial charge < -0.3 is 5.11 Å². The highest BCUT2D eigenvalue weighted by atomic mass is 35.5. The SMILES string of the molecule is CC(C)(C)S(=O)NCc1c(Cl)ccc(C(F)(F)F)c1Sc1ncccc1CO. The fourth-order valence-corrected chi connectivity index (χ4v) is 4.35. The van der Waals surface area contributed by atoms with Gasteiger partial charge in [0, 0.05) is 33.8 Å². The molecule has 2 N–H and O–H groups in total. The van der Waals surface area contributed by atoms with Crippen molar-refractivity contribution in [1.82, 2.24) is 9.71 Å². The number of rotatable bonds is 6. The smallest absolute Gasteiger partial charge is 0.392 e. The molecule has 2 aromatic rings. The molecule has 1 unspecified atom stereocenters. The lowest BCUT2D eigenvalue weighted by Crippen LogP contribution is -2.33. The van der Waals surface area contributed by atoms with Gasteiger partial charge in [0.05, 0.1) is 27.9 Å². The van der Waals surface area contributed by atoms with E-state index in [2.05, 4.69) is 9.71 Å². The van der Waals surface area contributed by atoms with Crippen molar-refractivity contribution in [2.45, 2.75) is 54.8 Å². The largest absolute Gasteiger partial charge is 0.417 e. The number of nitrogens with zero attached hydrogens (tertiary/aromatic N) is 1. The molecule has 0 fully saturated rings. The van der Waals surface area contributed by atoms with Crippen molar-refractivity contribution in [1.29, 1.82) is 0 Å². The maximum Gasteiger partial charge on any atom is 0.417 e. The molecule has 0 spiro atoms. The van der Waals surface area contributed by atoms with E-state index < -0.39 is 27.5 Å². The number of aliphatic hydroxyl groups excluding tert-OH is 1. The van der Waals surface area contributed by atoms with E-state index in [1.54, 1.807) is 32.9 Å². The molecular formula is C18H20ClF3N2O2S2. The van der Waals surface area contributed by atoms with E-state index >= 15 is 0 Å². The molecule has 0 aliphatic carbocycles. The predicted octanol–water partition coefficient (Wildman–Crippen LogP) is 4.95. The number of hydrogen-bond donors (Lipinski definition) is 2. The number of hydrogen-bond acceptors (Lipinski definition) is 4. The summed E-state index contributed by atoms with van der Waals surface area (Å²) in [6.07, 6.45) is -3.18. The van der Waals surface area contributed by atoms with Gasteiger partial charge in [-0.1, -0.05) is 29.4 Å². The fraction of sp³-hybridized carbons (Fsp3) is 0.389. The van der Waals surface area contributed by atoms with E-state index in [0.717, 1.165) is 17.8 Å². The summed E-state index contributed by atoms with van der Waals surface area (Å²) in [5, 5.41) is 9.83. The molecule has 0 aliphatic rings. The van der Waals surface area contributed by atoms with Gasteiger partial charge in [-0.3, -0.25) is 0 Å². The Bertz CT molecular complexity index is 871. The predicted molar refractivity (Wildman–Crippen MR) is 105 cm³/mol. The second-order valence-corrected chi connectivity index (χ2v) is 10.3. The zero-order valence-electron chi connectivity index (χ0n) is 15.4. The zero-order chi connectivity index (χ0) is 21.1. The summed E-state index contributed by atoms with van der Waals surface area (Å²) in [6, 6.07) is 5.26. The van der Waals surface area contributed by atoms with Crippen LogP contribution in [0.25, 0.3) is 0 Å². The van der Waals surface area contributed by atoms with Gasteiger partial charge >= 0.3 is 6.18 Å². The summed E-state index contributed by atoms with van der Waals surface area (Å²) in [4.78, 5) is 3.95. The molecule has 0 aliphatic heterocycles. The van der Waals surface area contributed by atoms with Gasteiger partial charge in [0.15, 0.2) is 0 Å². The standard InChI is InChI=1S/C18H20ClF3N2O2S2/c1-17(2,3)28(26)24-9-12-14(19)7-6-13(18(20,21)22)15(12)27-16-11(10-25)5-4-8-23-16/h4-8,24-25H,9-10H2,1-3H3. The molecular weight excluding hydrogens is 433 g/mol. The molecule has 154 valence electrons. The quantitative estimate of drug-likeness (QED) is 0.651. The van der Waals surface area contributed by atoms with E-state index in [4.69, 9.17) is 11.6 Å². The summed E-state index contributed by atoms with van der Waals surface area (Å²) < 4.78 is 55.3. The number of pyridine rings is 1. The molecule has 1 atom stereocenters. The third kappa shape index (κ3) is 5.70. The van der Waals surface area contributed by atoms with Crippen LogP contribution >= 0.6 is 23.4 Å². The van der Waals surface area contributed by atoms with Crippen LogP contribution in [0.15, 0.2) is 40.4 Å². The normalized spacial score (nSPS) is 13.6. The van der Waals surface area contributed by atoms with Crippen molar-refractivity contribution in [3.8, 4) is 0 Å².